The minimum absolute atomic E-state index is 0.0169. The summed E-state index contributed by atoms with van der Waals surface area (Å²) in [4.78, 5) is 23.5. The zero-order chi connectivity index (χ0) is 18.5. The van der Waals surface area contributed by atoms with Gasteiger partial charge in [-0.25, -0.2) is 19.9 Å². The minimum Gasteiger partial charge on any atom is -0.330 e. The number of aromatic nitrogens is 7. The summed E-state index contributed by atoms with van der Waals surface area (Å²) in [7, 11) is 3.67. The highest BCUT2D eigenvalue weighted by Gasteiger charge is 2.46. The number of aromatic amines is 1. The molecule has 2 atom stereocenters. The molecule has 1 N–H and O–H groups in total. The van der Waals surface area contributed by atoms with Crippen LogP contribution in [0, 0.1) is 11.8 Å². The maximum absolute atomic E-state index is 12.0. The van der Waals surface area contributed by atoms with E-state index in [1.54, 1.807) is 28.7 Å². The number of nitrogens with one attached hydrogen (secondary N) is 1. The lowest BCUT2D eigenvalue weighted by Crippen LogP contribution is -2.31. The number of hydrogen-bond donors (Lipinski definition) is 1. The van der Waals surface area contributed by atoms with Crippen LogP contribution in [0.15, 0.2) is 29.3 Å². The van der Waals surface area contributed by atoms with Crippen LogP contribution in [0.5, 0.6) is 0 Å². The van der Waals surface area contributed by atoms with Crippen LogP contribution < -0.4 is 10.6 Å². The Balaban J connectivity index is 1.56. The third-order valence-corrected chi connectivity index (χ3v) is 5.83. The second-order valence-electron chi connectivity index (χ2n) is 7.46. The van der Waals surface area contributed by atoms with Crippen molar-refractivity contribution in [3.05, 3.63) is 40.8 Å². The predicted octanol–water partition coefficient (Wildman–Crippen LogP) is 1.28. The van der Waals surface area contributed by atoms with Gasteiger partial charge in [-0.3, -0.25) is 9.25 Å². The molecule has 1 aliphatic carbocycles. The fourth-order valence-corrected chi connectivity index (χ4v) is 4.27. The van der Waals surface area contributed by atoms with Crippen molar-refractivity contribution in [1.82, 2.24) is 34.5 Å². The molecule has 0 bridgehead atoms. The summed E-state index contributed by atoms with van der Waals surface area (Å²) in [6.45, 7) is 0.863. The molecule has 2 aliphatic rings. The number of hydrogen-bond acceptors (Lipinski definition) is 6. The van der Waals surface area contributed by atoms with Gasteiger partial charge in [-0.05, 0) is 43.2 Å². The third-order valence-electron chi connectivity index (χ3n) is 5.83. The van der Waals surface area contributed by atoms with Gasteiger partial charge in [0.05, 0.1) is 17.4 Å². The molecule has 0 spiro atoms. The first-order valence-electron chi connectivity index (χ1n) is 9.33. The summed E-state index contributed by atoms with van der Waals surface area (Å²) in [5.41, 5.74) is 1.60. The Kier molecular flexibility index (Phi) is 3.63. The maximum Gasteiger partial charge on any atom is 0.343 e. The standard InChI is InChI=1S/C18H22N8O/c1-24-16(22-23-18(24)27)15-12(11-3-4-11)7-10-26(15)17-19-8-5-13(21-17)14-6-9-20-25(14)2/h5-6,8-9,11-12,15H,3-4,7,10H2,1-2H3,(H,23,27). The van der Waals surface area contributed by atoms with Crippen LogP contribution in [-0.2, 0) is 14.1 Å². The summed E-state index contributed by atoms with van der Waals surface area (Å²) in [5, 5.41) is 11.2. The maximum atomic E-state index is 12.0. The molecule has 2 unspecified atom stereocenters. The summed E-state index contributed by atoms with van der Waals surface area (Å²) >= 11 is 0. The molecule has 2 fully saturated rings. The lowest BCUT2D eigenvalue weighted by molar-refractivity contribution is 0.404. The number of H-pyrrole nitrogens is 1. The summed E-state index contributed by atoms with van der Waals surface area (Å²) in [6.07, 6.45) is 7.12. The number of anilines is 1. The number of rotatable bonds is 4. The molecule has 9 heteroatoms. The fraction of sp³-hybridized carbons (Fsp3) is 0.500. The normalized spacial score (nSPS) is 22.5. The molecule has 1 saturated heterocycles. The molecule has 140 valence electrons. The van der Waals surface area contributed by atoms with E-state index >= 15 is 0 Å². The van der Waals surface area contributed by atoms with E-state index in [1.807, 2.05) is 19.2 Å². The molecule has 0 aromatic carbocycles. The van der Waals surface area contributed by atoms with Crippen molar-refractivity contribution in [2.24, 2.45) is 25.9 Å². The average molecular weight is 366 g/mol. The van der Waals surface area contributed by atoms with E-state index in [0.717, 1.165) is 30.2 Å². The van der Waals surface area contributed by atoms with E-state index in [1.165, 1.54) is 12.8 Å². The first-order chi connectivity index (χ1) is 13.1. The Morgan fingerprint density at radius 2 is 2.00 bits per heavy atom. The monoisotopic (exact) mass is 366 g/mol. The van der Waals surface area contributed by atoms with Crippen LogP contribution in [0.2, 0.25) is 0 Å². The molecule has 1 saturated carbocycles. The second-order valence-corrected chi connectivity index (χ2v) is 7.46. The van der Waals surface area contributed by atoms with Gasteiger partial charge in [-0.2, -0.15) is 10.2 Å². The van der Waals surface area contributed by atoms with Gasteiger partial charge in [0.25, 0.3) is 0 Å². The van der Waals surface area contributed by atoms with Crippen molar-refractivity contribution in [3.63, 3.8) is 0 Å². The van der Waals surface area contributed by atoms with Gasteiger partial charge >= 0.3 is 5.69 Å². The van der Waals surface area contributed by atoms with E-state index in [-0.39, 0.29) is 11.7 Å². The smallest absolute Gasteiger partial charge is 0.330 e. The molecule has 0 radical (unpaired) electrons. The summed E-state index contributed by atoms with van der Waals surface area (Å²) in [5.74, 6) is 2.62. The van der Waals surface area contributed by atoms with Gasteiger partial charge in [-0.15, -0.1) is 0 Å². The van der Waals surface area contributed by atoms with Crippen LogP contribution >= 0.6 is 0 Å². The topological polar surface area (TPSA) is 97.5 Å². The van der Waals surface area contributed by atoms with Gasteiger partial charge in [0.1, 0.15) is 0 Å². The molecule has 0 amide bonds. The van der Waals surface area contributed by atoms with E-state index < -0.39 is 0 Å². The zero-order valence-electron chi connectivity index (χ0n) is 15.4. The zero-order valence-corrected chi connectivity index (χ0v) is 15.4. The van der Waals surface area contributed by atoms with Crippen molar-refractivity contribution in [1.29, 1.82) is 0 Å². The highest BCUT2D eigenvalue weighted by Crippen LogP contribution is 2.50. The van der Waals surface area contributed by atoms with Crippen LogP contribution in [-0.4, -0.2) is 41.1 Å². The van der Waals surface area contributed by atoms with Crippen LogP contribution in [0.3, 0.4) is 0 Å². The van der Waals surface area contributed by atoms with Crippen LogP contribution in [0.4, 0.5) is 5.95 Å². The van der Waals surface area contributed by atoms with Gasteiger partial charge in [0, 0.05) is 33.0 Å². The molecule has 5 rings (SSSR count). The van der Waals surface area contributed by atoms with Crippen LogP contribution in [0.25, 0.3) is 11.4 Å². The Morgan fingerprint density at radius 1 is 1.15 bits per heavy atom. The molecule has 4 heterocycles. The van der Waals surface area contributed by atoms with Gasteiger partial charge < -0.3 is 4.90 Å². The Labute approximate surface area is 156 Å². The van der Waals surface area contributed by atoms with Crippen molar-refractivity contribution in [3.8, 4) is 11.4 Å². The molecule has 9 nitrogen and oxygen atoms in total. The first-order valence-corrected chi connectivity index (χ1v) is 9.33. The lowest BCUT2D eigenvalue weighted by atomic mass is 9.94. The average Bonchev–Trinajstić information content (AvgIpc) is 3.14. The quantitative estimate of drug-likeness (QED) is 0.747. The van der Waals surface area contributed by atoms with Gasteiger partial charge in [0.2, 0.25) is 5.95 Å². The van der Waals surface area contributed by atoms with Crippen molar-refractivity contribution in [2.45, 2.75) is 25.3 Å². The molecule has 3 aromatic rings. The number of aryl methyl sites for hydroxylation is 1. The molecule has 27 heavy (non-hydrogen) atoms. The van der Waals surface area contributed by atoms with Crippen LogP contribution in [0.1, 0.15) is 31.1 Å². The van der Waals surface area contributed by atoms with E-state index in [9.17, 15) is 4.79 Å². The summed E-state index contributed by atoms with van der Waals surface area (Å²) < 4.78 is 3.42. The lowest BCUT2D eigenvalue weighted by Gasteiger charge is -2.27. The molecule has 1 aliphatic heterocycles. The third kappa shape index (κ3) is 2.65. The first kappa shape index (κ1) is 16.2. The minimum atomic E-state index is -0.184. The fourth-order valence-electron chi connectivity index (χ4n) is 4.27. The molecular weight excluding hydrogens is 344 g/mol. The van der Waals surface area contributed by atoms with Crippen molar-refractivity contribution in [2.75, 3.05) is 11.4 Å². The number of nitrogens with zero attached hydrogens (tertiary/aromatic N) is 7. The molecule has 3 aromatic heterocycles. The van der Waals surface area contributed by atoms with Gasteiger partial charge in [-0.1, -0.05) is 0 Å². The largest absolute Gasteiger partial charge is 0.343 e. The Morgan fingerprint density at radius 3 is 2.67 bits per heavy atom. The Hall–Kier alpha value is -2.97. The van der Waals surface area contributed by atoms with E-state index in [4.69, 9.17) is 4.98 Å². The molecular formula is C18H22N8O. The second kappa shape index (κ2) is 6.04. The van der Waals surface area contributed by atoms with Crippen molar-refractivity contribution >= 4 is 5.95 Å². The van der Waals surface area contributed by atoms with Gasteiger partial charge in [0.15, 0.2) is 5.82 Å². The van der Waals surface area contributed by atoms with Crippen molar-refractivity contribution < 1.29 is 0 Å². The predicted molar refractivity (Wildman–Crippen MR) is 99.0 cm³/mol. The highest BCUT2D eigenvalue weighted by atomic mass is 16.1. The summed E-state index contributed by atoms with van der Waals surface area (Å²) in [6, 6.07) is 3.86. The Bertz CT molecular complexity index is 1030. The van der Waals surface area contributed by atoms with E-state index in [2.05, 4.69) is 25.2 Å². The highest BCUT2D eigenvalue weighted by molar-refractivity contribution is 5.56. The SMILES string of the molecule is Cn1nccc1-c1ccnc(N2CCC(C3CC3)C2c2n[nH]c(=O)n2C)n1. The van der Waals surface area contributed by atoms with E-state index in [0.29, 0.717) is 17.8 Å².